The van der Waals surface area contributed by atoms with Crippen LogP contribution in [0.15, 0.2) is 41.6 Å². The fourth-order valence-corrected chi connectivity index (χ4v) is 0.500. The summed E-state index contributed by atoms with van der Waals surface area (Å²) in [6.07, 6.45) is 4.90. The quantitative estimate of drug-likeness (QED) is 0.455. The van der Waals surface area contributed by atoms with Crippen LogP contribution in [0.4, 0.5) is 0 Å². The van der Waals surface area contributed by atoms with E-state index in [0.29, 0.717) is 5.70 Å². The van der Waals surface area contributed by atoms with E-state index in [1.807, 2.05) is 0 Å². The van der Waals surface area contributed by atoms with E-state index in [2.05, 4.69) is 18.2 Å². The Hall–Kier alpha value is -1.35. The molecule has 0 saturated heterocycles. The maximum atomic E-state index is 5.40. The van der Waals surface area contributed by atoms with Gasteiger partial charge in [0.15, 0.2) is 0 Å². The van der Waals surface area contributed by atoms with Crippen LogP contribution in [0.5, 0.6) is 0 Å². The average Bonchev–Trinajstić information content (AvgIpc) is 1.97. The van der Waals surface area contributed by atoms with Crippen LogP contribution in [0.1, 0.15) is 0 Å². The summed E-state index contributed by atoms with van der Waals surface area (Å²) >= 11 is 0. The molecule has 0 aliphatic heterocycles. The summed E-state index contributed by atoms with van der Waals surface area (Å²) in [5.74, 6) is 0. The van der Waals surface area contributed by atoms with E-state index in [9.17, 15) is 0 Å². The van der Waals surface area contributed by atoms with Crippen molar-refractivity contribution in [2.45, 2.75) is 0 Å². The highest BCUT2D eigenvalue weighted by Gasteiger charge is 1.88. The number of hydrogen-bond donors (Lipinski definition) is 2. The van der Waals surface area contributed by atoms with Gasteiger partial charge in [0.05, 0.1) is 6.67 Å². The minimum absolute atomic E-state index is 0.276. The number of aliphatic imine (C=N–C) groups is 1. The van der Waals surface area contributed by atoms with Gasteiger partial charge in [-0.25, -0.2) is 0 Å². The highest BCUT2D eigenvalue weighted by atomic mass is 14.8. The lowest BCUT2D eigenvalue weighted by atomic mass is 10.2. The third-order valence-electron chi connectivity index (χ3n) is 1.06. The molecule has 3 heteroatoms. The molecule has 0 bridgehead atoms. The van der Waals surface area contributed by atoms with E-state index in [4.69, 9.17) is 11.5 Å². The van der Waals surface area contributed by atoms with Crippen LogP contribution in [0.2, 0.25) is 0 Å². The molecule has 0 rings (SSSR count). The van der Waals surface area contributed by atoms with Crippen molar-refractivity contribution < 1.29 is 0 Å². The molecule has 0 radical (unpaired) electrons. The van der Waals surface area contributed by atoms with Gasteiger partial charge in [-0.15, -0.1) is 0 Å². The molecule has 4 N–H and O–H groups in total. The first-order valence-electron chi connectivity index (χ1n) is 3.19. The molecule has 0 amide bonds. The van der Waals surface area contributed by atoms with Crippen molar-refractivity contribution in [3.63, 3.8) is 0 Å². The smallest absolute Gasteiger partial charge is 0.0859 e. The van der Waals surface area contributed by atoms with Gasteiger partial charge in [0.1, 0.15) is 0 Å². The first-order valence-corrected chi connectivity index (χ1v) is 3.19. The Balaban J connectivity index is 4.24. The van der Waals surface area contributed by atoms with Gasteiger partial charge >= 0.3 is 0 Å². The number of allylic oxidation sites excluding steroid dienone is 2. The Bertz CT molecular complexity index is 201. The molecule has 0 atom stereocenters. The molecule has 0 heterocycles. The van der Waals surface area contributed by atoms with E-state index >= 15 is 0 Å². The number of nitrogens with zero attached hydrogens (tertiary/aromatic N) is 1. The van der Waals surface area contributed by atoms with Gasteiger partial charge in [0.2, 0.25) is 0 Å². The van der Waals surface area contributed by atoms with Gasteiger partial charge in [-0.3, -0.25) is 4.99 Å². The van der Waals surface area contributed by atoms with E-state index < -0.39 is 0 Å². The molecule has 0 saturated carbocycles. The summed E-state index contributed by atoms with van der Waals surface area (Å²) < 4.78 is 0. The summed E-state index contributed by atoms with van der Waals surface area (Å²) in [6, 6.07) is 0. The monoisotopic (exact) mass is 151 g/mol. The van der Waals surface area contributed by atoms with Gasteiger partial charge in [0.25, 0.3) is 0 Å². The first kappa shape index (κ1) is 9.65. The number of nitrogens with two attached hydrogens (primary N) is 2. The van der Waals surface area contributed by atoms with Crippen molar-refractivity contribution in [3.05, 3.63) is 36.6 Å². The minimum Gasteiger partial charge on any atom is -0.399 e. The number of hydrogen-bond acceptors (Lipinski definition) is 3. The third-order valence-corrected chi connectivity index (χ3v) is 1.06. The fraction of sp³-hybridized carbons (Fsp3) is 0.125. The maximum absolute atomic E-state index is 5.40. The van der Waals surface area contributed by atoms with E-state index in [-0.39, 0.29) is 6.67 Å². The molecule has 0 aliphatic carbocycles. The first-order chi connectivity index (χ1) is 5.22. The van der Waals surface area contributed by atoms with Crippen molar-refractivity contribution >= 4 is 6.21 Å². The Morgan fingerprint density at radius 3 is 2.55 bits per heavy atom. The topological polar surface area (TPSA) is 64.4 Å². The van der Waals surface area contributed by atoms with E-state index in [0.717, 1.165) is 5.57 Å². The van der Waals surface area contributed by atoms with Gasteiger partial charge in [-0.05, 0) is 11.6 Å². The van der Waals surface area contributed by atoms with Crippen LogP contribution in [-0.4, -0.2) is 12.9 Å². The average molecular weight is 151 g/mol. The van der Waals surface area contributed by atoms with Crippen LogP contribution in [0, 0.1) is 0 Å². The van der Waals surface area contributed by atoms with Crippen LogP contribution >= 0.6 is 0 Å². The second kappa shape index (κ2) is 5.44. The van der Waals surface area contributed by atoms with Crippen LogP contribution in [0.3, 0.4) is 0 Å². The Morgan fingerprint density at radius 2 is 2.18 bits per heavy atom. The predicted octanol–water partition coefficient (Wildman–Crippen LogP) is 0.558. The van der Waals surface area contributed by atoms with Crippen LogP contribution < -0.4 is 11.5 Å². The Labute approximate surface area is 66.8 Å². The zero-order valence-electron chi connectivity index (χ0n) is 6.46. The molecule has 0 unspecified atom stereocenters. The highest BCUT2D eigenvalue weighted by molar-refractivity contribution is 5.74. The SMILES string of the molecule is C=C/C(=C\C=NCN)C(=C)N. The van der Waals surface area contributed by atoms with Gasteiger partial charge < -0.3 is 11.5 Å². The van der Waals surface area contributed by atoms with Gasteiger partial charge in [-0.2, -0.15) is 0 Å². The molecule has 60 valence electrons. The van der Waals surface area contributed by atoms with E-state index in [1.165, 1.54) is 0 Å². The largest absolute Gasteiger partial charge is 0.399 e. The molecule has 0 aromatic heterocycles. The standard InChI is InChI=1S/C8H13N3/c1-3-8(7(2)10)4-5-11-6-9/h3-5H,1-2,6,9-10H2/b8-4+,11-5?. The van der Waals surface area contributed by atoms with Gasteiger partial charge in [-0.1, -0.05) is 19.2 Å². The normalized spacial score (nSPS) is 11.9. The zero-order valence-corrected chi connectivity index (χ0v) is 6.46. The lowest BCUT2D eigenvalue weighted by Gasteiger charge is -1.95. The van der Waals surface area contributed by atoms with Gasteiger partial charge in [0, 0.05) is 11.9 Å². The van der Waals surface area contributed by atoms with Crippen molar-refractivity contribution in [1.29, 1.82) is 0 Å². The second-order valence-corrected chi connectivity index (χ2v) is 1.87. The fourth-order valence-electron chi connectivity index (χ4n) is 0.500. The summed E-state index contributed by atoms with van der Waals surface area (Å²) in [7, 11) is 0. The minimum atomic E-state index is 0.276. The van der Waals surface area contributed by atoms with Crippen LogP contribution in [-0.2, 0) is 0 Å². The van der Waals surface area contributed by atoms with Crippen molar-refractivity contribution in [3.8, 4) is 0 Å². The summed E-state index contributed by atoms with van der Waals surface area (Å²) in [5.41, 5.74) is 11.8. The molecular weight excluding hydrogens is 138 g/mol. The van der Waals surface area contributed by atoms with Crippen molar-refractivity contribution in [1.82, 2.24) is 0 Å². The molecule has 0 spiro atoms. The summed E-state index contributed by atoms with van der Waals surface area (Å²) in [4.78, 5) is 3.77. The Kier molecular flexibility index (Phi) is 4.77. The molecule has 0 aliphatic rings. The Morgan fingerprint density at radius 1 is 1.55 bits per heavy atom. The van der Waals surface area contributed by atoms with Crippen molar-refractivity contribution in [2.24, 2.45) is 16.5 Å². The second-order valence-electron chi connectivity index (χ2n) is 1.87. The molecule has 0 aromatic rings. The molecule has 3 nitrogen and oxygen atoms in total. The summed E-state index contributed by atoms with van der Waals surface area (Å²) in [6.45, 7) is 7.39. The molecule has 0 fully saturated rings. The van der Waals surface area contributed by atoms with E-state index in [1.54, 1.807) is 18.4 Å². The molecule has 0 aromatic carbocycles. The van der Waals surface area contributed by atoms with Crippen molar-refractivity contribution in [2.75, 3.05) is 6.67 Å². The predicted molar refractivity (Wildman–Crippen MR) is 49.2 cm³/mol. The molecule has 11 heavy (non-hydrogen) atoms. The maximum Gasteiger partial charge on any atom is 0.0859 e. The summed E-state index contributed by atoms with van der Waals surface area (Å²) in [5, 5.41) is 0. The molecular formula is C8H13N3. The lowest BCUT2D eigenvalue weighted by molar-refractivity contribution is 1.08. The highest BCUT2D eigenvalue weighted by Crippen LogP contribution is 1.99. The number of rotatable bonds is 4. The third kappa shape index (κ3) is 4.11. The lowest BCUT2D eigenvalue weighted by Crippen LogP contribution is -1.97. The zero-order chi connectivity index (χ0) is 8.69. The van der Waals surface area contributed by atoms with Crippen LogP contribution in [0.25, 0.3) is 0 Å².